The van der Waals surface area contributed by atoms with E-state index in [2.05, 4.69) is 34.9 Å². The lowest BCUT2D eigenvalue weighted by Crippen LogP contribution is -2.38. The van der Waals surface area contributed by atoms with Crippen molar-refractivity contribution in [2.45, 2.75) is 97.1 Å². The summed E-state index contributed by atoms with van der Waals surface area (Å²) < 4.78 is 2.40. The molecule has 1 aliphatic carbocycles. The van der Waals surface area contributed by atoms with Gasteiger partial charge in [-0.2, -0.15) is 4.98 Å². The van der Waals surface area contributed by atoms with E-state index in [0.717, 1.165) is 92.4 Å². The Morgan fingerprint density at radius 1 is 1.08 bits per heavy atom. The zero-order valence-corrected chi connectivity index (χ0v) is 24.0. The van der Waals surface area contributed by atoms with E-state index in [9.17, 15) is 9.90 Å². The van der Waals surface area contributed by atoms with Gasteiger partial charge in [0.15, 0.2) is 0 Å². The predicted molar refractivity (Wildman–Crippen MR) is 155 cm³/mol. The number of aliphatic hydroxyl groups is 1. The number of hydrogen-bond acceptors (Lipinski definition) is 6. The summed E-state index contributed by atoms with van der Waals surface area (Å²) in [5.74, 6) is 1.58. The molecule has 2 N–H and O–H groups in total. The van der Waals surface area contributed by atoms with Gasteiger partial charge in [0.25, 0.3) is 5.91 Å². The summed E-state index contributed by atoms with van der Waals surface area (Å²) in [5, 5.41) is 14.3. The summed E-state index contributed by atoms with van der Waals surface area (Å²) in [6.45, 7) is 10.0. The smallest absolute Gasteiger partial charge is 0.253 e. The summed E-state index contributed by atoms with van der Waals surface area (Å²) >= 11 is 0. The molecule has 210 valence electrons. The number of nitrogens with zero attached hydrogens (tertiary/aromatic N) is 5. The lowest BCUT2D eigenvalue weighted by molar-refractivity contribution is 0.0713. The Hall–Kier alpha value is -3.00. The van der Waals surface area contributed by atoms with Crippen molar-refractivity contribution in [1.82, 2.24) is 24.4 Å². The van der Waals surface area contributed by atoms with Crippen LogP contribution < -0.4 is 5.32 Å². The number of carbonyl (C=O) groups excluding carboxylic acids is 1. The summed E-state index contributed by atoms with van der Waals surface area (Å²) in [5.41, 5.74) is 4.82. The molecule has 8 heteroatoms. The number of aromatic nitrogens is 4. The number of rotatable bonds is 8. The molecule has 3 aromatic rings. The van der Waals surface area contributed by atoms with Gasteiger partial charge in [0.1, 0.15) is 5.65 Å². The minimum absolute atomic E-state index is 0.102. The summed E-state index contributed by atoms with van der Waals surface area (Å²) in [4.78, 5) is 29.4. The maximum absolute atomic E-state index is 13.2. The molecule has 0 radical (unpaired) electrons. The largest absolute Gasteiger partial charge is 0.396 e. The highest BCUT2D eigenvalue weighted by molar-refractivity contribution is 5.94. The molecule has 1 saturated carbocycles. The monoisotopic (exact) mass is 532 g/mol. The molecule has 0 unspecified atom stereocenters. The van der Waals surface area contributed by atoms with E-state index in [-0.39, 0.29) is 12.5 Å². The molecular weight excluding hydrogens is 488 g/mol. The van der Waals surface area contributed by atoms with Gasteiger partial charge in [0.05, 0.1) is 0 Å². The highest BCUT2D eigenvalue weighted by Gasteiger charge is 2.30. The predicted octanol–water partition coefficient (Wildman–Crippen LogP) is 5.79. The number of anilines is 1. The number of aryl methyl sites for hydroxylation is 2. The number of aliphatic hydroxyl groups excluding tert-OH is 1. The van der Waals surface area contributed by atoms with Crippen LogP contribution in [0.3, 0.4) is 0 Å². The van der Waals surface area contributed by atoms with Crippen LogP contribution in [0.1, 0.15) is 104 Å². The number of piperidine rings is 1. The Kier molecular flexibility index (Phi) is 8.50. The molecule has 1 amide bonds. The lowest BCUT2D eigenvalue weighted by Gasteiger charge is -2.32. The molecule has 3 aromatic heterocycles. The van der Waals surface area contributed by atoms with E-state index in [1.807, 2.05) is 37.1 Å². The molecule has 39 heavy (non-hydrogen) atoms. The first-order valence-corrected chi connectivity index (χ1v) is 14.9. The molecule has 1 aliphatic heterocycles. The van der Waals surface area contributed by atoms with Crippen molar-refractivity contribution >= 4 is 22.9 Å². The molecule has 2 aliphatic rings. The van der Waals surface area contributed by atoms with Crippen molar-refractivity contribution in [1.29, 1.82) is 0 Å². The fourth-order valence-electron chi connectivity index (χ4n) is 6.59. The molecule has 0 bridgehead atoms. The first-order valence-electron chi connectivity index (χ1n) is 14.9. The fourth-order valence-corrected chi connectivity index (χ4v) is 6.59. The number of nitrogens with one attached hydrogen (secondary N) is 1. The third-order valence-electron chi connectivity index (χ3n) is 8.72. The topological polar surface area (TPSA) is 96.2 Å². The second-order valence-corrected chi connectivity index (χ2v) is 11.8. The third-order valence-corrected chi connectivity index (χ3v) is 8.72. The second kappa shape index (κ2) is 12.0. The van der Waals surface area contributed by atoms with Gasteiger partial charge in [-0.15, -0.1) is 0 Å². The van der Waals surface area contributed by atoms with Crippen molar-refractivity contribution in [3.05, 3.63) is 47.0 Å². The van der Waals surface area contributed by atoms with E-state index >= 15 is 0 Å². The first-order chi connectivity index (χ1) is 18.9. The Morgan fingerprint density at radius 3 is 2.41 bits per heavy atom. The summed E-state index contributed by atoms with van der Waals surface area (Å²) in [6.07, 6.45) is 12.6. The van der Waals surface area contributed by atoms with Gasteiger partial charge >= 0.3 is 0 Å². The van der Waals surface area contributed by atoms with Gasteiger partial charge in [-0.1, -0.05) is 13.3 Å². The average molecular weight is 533 g/mol. The van der Waals surface area contributed by atoms with E-state index < -0.39 is 0 Å². The van der Waals surface area contributed by atoms with E-state index in [4.69, 9.17) is 9.97 Å². The van der Waals surface area contributed by atoms with Gasteiger partial charge in [0.2, 0.25) is 5.95 Å². The number of pyridine rings is 1. The number of hydrogen-bond donors (Lipinski definition) is 2. The zero-order valence-electron chi connectivity index (χ0n) is 24.0. The fraction of sp³-hybridized carbons (Fsp3) is 0.613. The molecule has 4 heterocycles. The van der Waals surface area contributed by atoms with E-state index in [1.165, 1.54) is 5.56 Å². The lowest BCUT2D eigenvalue weighted by atomic mass is 9.86. The minimum atomic E-state index is 0.102. The Bertz CT molecular complexity index is 1270. The average Bonchev–Trinajstić information content (AvgIpc) is 3.31. The highest BCUT2D eigenvalue weighted by Crippen LogP contribution is 2.39. The van der Waals surface area contributed by atoms with Crippen LogP contribution in [0.5, 0.6) is 0 Å². The molecular formula is C31H44N6O2. The maximum atomic E-state index is 13.2. The van der Waals surface area contributed by atoms with Crippen LogP contribution in [0.4, 0.5) is 5.95 Å². The standard InChI is InChI=1S/C31H44N6O2/c1-5-6-20(2)34-31-32-17-27-28(18-37(29(27)35-31)26-9-7-23(19-38)8-10-26)24-11-13-36(14-12-24)30(39)25-15-21(3)33-22(4)16-25/h15-18,20,23-24,26,38H,5-14,19H2,1-4H3,(H,32,34,35)/t20-,23?,26?/m0/s1. The number of fused-ring (bicyclic) bond motifs is 1. The minimum Gasteiger partial charge on any atom is -0.396 e. The third kappa shape index (κ3) is 6.11. The van der Waals surface area contributed by atoms with Gasteiger partial charge in [-0.3, -0.25) is 9.78 Å². The van der Waals surface area contributed by atoms with Crippen molar-refractivity contribution in [3.63, 3.8) is 0 Å². The molecule has 1 saturated heterocycles. The zero-order chi connectivity index (χ0) is 27.5. The molecule has 1 atom stereocenters. The van der Waals surface area contributed by atoms with Gasteiger partial charge in [-0.25, -0.2) is 4.98 Å². The molecule has 5 rings (SSSR count). The summed E-state index contributed by atoms with van der Waals surface area (Å²) in [6, 6.07) is 4.50. The van der Waals surface area contributed by atoms with Crippen LogP contribution in [-0.2, 0) is 0 Å². The number of likely N-dealkylation sites (tertiary alicyclic amines) is 1. The van der Waals surface area contributed by atoms with Crippen molar-refractivity contribution < 1.29 is 9.90 Å². The Labute approximate surface area is 232 Å². The van der Waals surface area contributed by atoms with Gasteiger partial charge in [0, 0.05) is 66.5 Å². The molecule has 0 aromatic carbocycles. The van der Waals surface area contributed by atoms with E-state index in [0.29, 0.717) is 29.9 Å². The van der Waals surface area contributed by atoms with Gasteiger partial charge in [-0.05, 0) is 95.2 Å². The van der Waals surface area contributed by atoms with Gasteiger partial charge < -0.3 is 19.9 Å². The van der Waals surface area contributed by atoms with Crippen LogP contribution in [-0.4, -0.2) is 61.2 Å². The normalized spacial score (nSPS) is 21.3. The highest BCUT2D eigenvalue weighted by atomic mass is 16.3. The van der Waals surface area contributed by atoms with Crippen molar-refractivity contribution in [3.8, 4) is 0 Å². The second-order valence-electron chi connectivity index (χ2n) is 11.8. The van der Waals surface area contributed by atoms with Crippen molar-refractivity contribution in [2.24, 2.45) is 5.92 Å². The van der Waals surface area contributed by atoms with Crippen LogP contribution >= 0.6 is 0 Å². The van der Waals surface area contributed by atoms with Crippen LogP contribution in [0, 0.1) is 19.8 Å². The quantitative estimate of drug-likeness (QED) is 0.381. The molecule has 8 nitrogen and oxygen atoms in total. The van der Waals surface area contributed by atoms with Crippen LogP contribution in [0.2, 0.25) is 0 Å². The van der Waals surface area contributed by atoms with Crippen LogP contribution in [0.25, 0.3) is 11.0 Å². The van der Waals surface area contributed by atoms with Crippen LogP contribution in [0.15, 0.2) is 24.5 Å². The SMILES string of the molecule is CCC[C@H](C)Nc1ncc2c(C3CCN(C(=O)c4cc(C)nc(C)c4)CC3)cn(C3CCC(CO)CC3)c2n1. The number of carbonyl (C=O) groups is 1. The van der Waals surface area contributed by atoms with Crippen molar-refractivity contribution in [2.75, 3.05) is 25.0 Å². The Balaban J connectivity index is 1.38. The Morgan fingerprint density at radius 2 is 1.77 bits per heavy atom. The number of amides is 1. The molecule has 2 fully saturated rings. The summed E-state index contributed by atoms with van der Waals surface area (Å²) in [7, 11) is 0. The first kappa shape index (κ1) is 27.6. The molecule has 0 spiro atoms. The maximum Gasteiger partial charge on any atom is 0.253 e. The van der Waals surface area contributed by atoms with E-state index in [1.54, 1.807) is 0 Å².